The van der Waals surface area contributed by atoms with Crippen LogP contribution >= 0.6 is 0 Å². The molecule has 72 valence electrons. The summed E-state index contributed by atoms with van der Waals surface area (Å²) in [5, 5.41) is 3.20. The van der Waals surface area contributed by atoms with Crippen molar-refractivity contribution in [2.45, 2.75) is 13.8 Å². The van der Waals surface area contributed by atoms with Crippen LogP contribution in [0.15, 0.2) is 36.3 Å². The van der Waals surface area contributed by atoms with Gasteiger partial charge in [0.2, 0.25) is 0 Å². The normalized spacial score (nSPS) is 15.6. The second-order valence-corrected chi connectivity index (χ2v) is 3.60. The van der Waals surface area contributed by atoms with Crippen LogP contribution in [-0.2, 0) is 0 Å². The van der Waals surface area contributed by atoms with Gasteiger partial charge in [0.1, 0.15) is 0 Å². The molecule has 2 heterocycles. The lowest BCUT2D eigenvalue weighted by Gasteiger charge is -2.15. The Bertz CT molecular complexity index is 403. The van der Waals surface area contributed by atoms with E-state index in [1.54, 1.807) is 0 Å². The molecule has 1 aliphatic heterocycles. The molecule has 0 unspecified atom stereocenters. The smallest absolute Gasteiger partial charge is 0.0361 e. The maximum absolute atomic E-state index is 4.10. The third-order valence-corrected chi connectivity index (χ3v) is 2.51. The number of nitrogens with zero attached hydrogens (tertiary/aromatic N) is 1. The summed E-state index contributed by atoms with van der Waals surface area (Å²) >= 11 is 0. The van der Waals surface area contributed by atoms with E-state index in [0.29, 0.717) is 0 Å². The first kappa shape index (κ1) is 9.00. The summed E-state index contributed by atoms with van der Waals surface area (Å²) in [7, 11) is 0. The van der Waals surface area contributed by atoms with Crippen LogP contribution in [0.4, 0.5) is 0 Å². The topological polar surface area (TPSA) is 24.9 Å². The van der Waals surface area contributed by atoms with Crippen LogP contribution in [0.3, 0.4) is 0 Å². The standard InChI is InChI=1S/C12H14N2/c1-9-7-13-5-3-11(9)12-4-6-14-8-10(12)2/h3-7,14H,8H2,1-2H3. The van der Waals surface area contributed by atoms with Crippen LogP contribution in [0.1, 0.15) is 18.1 Å². The highest BCUT2D eigenvalue weighted by Gasteiger charge is 2.07. The fraction of sp³-hybridized carbons (Fsp3) is 0.250. The van der Waals surface area contributed by atoms with E-state index in [-0.39, 0.29) is 0 Å². The van der Waals surface area contributed by atoms with Crippen molar-refractivity contribution in [3.05, 3.63) is 47.4 Å². The zero-order chi connectivity index (χ0) is 9.97. The Balaban J connectivity index is 2.49. The van der Waals surface area contributed by atoms with Gasteiger partial charge in [-0.3, -0.25) is 4.98 Å². The van der Waals surface area contributed by atoms with Crippen molar-refractivity contribution < 1.29 is 0 Å². The molecule has 0 spiro atoms. The van der Waals surface area contributed by atoms with Gasteiger partial charge in [-0.1, -0.05) is 0 Å². The van der Waals surface area contributed by atoms with Gasteiger partial charge in [-0.15, -0.1) is 0 Å². The summed E-state index contributed by atoms with van der Waals surface area (Å²) in [6.07, 6.45) is 7.88. The summed E-state index contributed by atoms with van der Waals surface area (Å²) in [4.78, 5) is 4.10. The molecule has 1 aromatic heterocycles. The molecule has 0 radical (unpaired) electrons. The fourth-order valence-corrected chi connectivity index (χ4v) is 1.69. The van der Waals surface area contributed by atoms with Gasteiger partial charge in [-0.25, -0.2) is 0 Å². The number of aromatic nitrogens is 1. The predicted molar refractivity (Wildman–Crippen MR) is 58.7 cm³/mol. The first-order chi connectivity index (χ1) is 6.79. The minimum atomic E-state index is 0.938. The molecular weight excluding hydrogens is 172 g/mol. The molecule has 2 nitrogen and oxygen atoms in total. The van der Waals surface area contributed by atoms with Gasteiger partial charge in [0.25, 0.3) is 0 Å². The number of pyridine rings is 1. The Kier molecular flexibility index (Phi) is 2.35. The Morgan fingerprint density at radius 2 is 2.21 bits per heavy atom. The van der Waals surface area contributed by atoms with E-state index in [0.717, 1.165) is 6.54 Å². The Labute approximate surface area is 84.4 Å². The van der Waals surface area contributed by atoms with Crippen molar-refractivity contribution in [3.63, 3.8) is 0 Å². The van der Waals surface area contributed by atoms with Gasteiger partial charge in [-0.05, 0) is 54.5 Å². The maximum atomic E-state index is 4.10. The molecule has 0 aliphatic carbocycles. The van der Waals surface area contributed by atoms with Crippen LogP contribution < -0.4 is 5.32 Å². The molecule has 0 saturated carbocycles. The van der Waals surface area contributed by atoms with E-state index >= 15 is 0 Å². The zero-order valence-electron chi connectivity index (χ0n) is 8.54. The van der Waals surface area contributed by atoms with E-state index < -0.39 is 0 Å². The van der Waals surface area contributed by atoms with Crippen LogP contribution in [0.2, 0.25) is 0 Å². The highest BCUT2D eigenvalue weighted by atomic mass is 14.8. The van der Waals surface area contributed by atoms with Crippen molar-refractivity contribution in [2.24, 2.45) is 0 Å². The molecule has 0 saturated heterocycles. The van der Waals surface area contributed by atoms with E-state index in [1.165, 1.54) is 22.3 Å². The van der Waals surface area contributed by atoms with Gasteiger partial charge in [0.05, 0.1) is 0 Å². The van der Waals surface area contributed by atoms with Gasteiger partial charge >= 0.3 is 0 Å². The average molecular weight is 186 g/mol. The number of aryl methyl sites for hydroxylation is 1. The van der Waals surface area contributed by atoms with Crippen LogP contribution in [0, 0.1) is 6.92 Å². The molecule has 0 bridgehead atoms. The molecule has 0 atom stereocenters. The first-order valence-corrected chi connectivity index (χ1v) is 4.79. The largest absolute Gasteiger partial charge is 0.387 e. The quantitative estimate of drug-likeness (QED) is 0.727. The maximum Gasteiger partial charge on any atom is 0.0361 e. The fourth-order valence-electron chi connectivity index (χ4n) is 1.69. The molecule has 2 rings (SSSR count). The molecule has 1 aliphatic rings. The van der Waals surface area contributed by atoms with Gasteiger partial charge in [0, 0.05) is 18.9 Å². The second-order valence-electron chi connectivity index (χ2n) is 3.60. The molecule has 0 aromatic carbocycles. The number of hydrogen-bond acceptors (Lipinski definition) is 2. The van der Waals surface area contributed by atoms with E-state index in [4.69, 9.17) is 0 Å². The van der Waals surface area contributed by atoms with E-state index in [1.807, 2.05) is 18.6 Å². The molecular formula is C12H14N2. The van der Waals surface area contributed by atoms with Crippen molar-refractivity contribution in [3.8, 4) is 0 Å². The number of allylic oxidation sites excluding steroid dienone is 2. The highest BCUT2D eigenvalue weighted by molar-refractivity contribution is 5.78. The summed E-state index contributed by atoms with van der Waals surface area (Å²) in [5.74, 6) is 0. The Morgan fingerprint density at radius 3 is 2.93 bits per heavy atom. The second kappa shape index (κ2) is 3.66. The van der Waals surface area contributed by atoms with Gasteiger partial charge < -0.3 is 5.32 Å². The third kappa shape index (κ3) is 1.55. The minimum Gasteiger partial charge on any atom is -0.387 e. The molecule has 0 fully saturated rings. The molecule has 1 aromatic rings. The van der Waals surface area contributed by atoms with Crippen LogP contribution in [0.5, 0.6) is 0 Å². The lowest BCUT2D eigenvalue weighted by Crippen LogP contribution is -2.13. The Hall–Kier alpha value is -1.57. The zero-order valence-corrected chi connectivity index (χ0v) is 8.54. The van der Waals surface area contributed by atoms with E-state index in [2.05, 4.69) is 36.3 Å². The third-order valence-electron chi connectivity index (χ3n) is 2.51. The molecule has 1 N–H and O–H groups in total. The van der Waals surface area contributed by atoms with Crippen LogP contribution in [0.25, 0.3) is 5.57 Å². The summed E-state index contributed by atoms with van der Waals surface area (Å²) in [5.41, 5.74) is 5.22. The number of dihydropyridines is 1. The number of rotatable bonds is 1. The van der Waals surface area contributed by atoms with Gasteiger partial charge in [0.15, 0.2) is 0 Å². The molecule has 14 heavy (non-hydrogen) atoms. The van der Waals surface area contributed by atoms with Crippen molar-refractivity contribution in [1.29, 1.82) is 0 Å². The molecule has 2 heteroatoms. The predicted octanol–water partition coefficient (Wildman–Crippen LogP) is 2.28. The monoisotopic (exact) mass is 186 g/mol. The summed E-state index contributed by atoms with van der Waals surface area (Å²) in [6, 6.07) is 2.07. The first-order valence-electron chi connectivity index (χ1n) is 4.79. The number of hydrogen-bond donors (Lipinski definition) is 1. The number of nitrogens with one attached hydrogen (secondary N) is 1. The average Bonchev–Trinajstić information content (AvgIpc) is 2.20. The minimum absolute atomic E-state index is 0.938. The SMILES string of the molecule is CC1=C(c2ccncc2C)C=CNC1. The molecule has 0 amide bonds. The van der Waals surface area contributed by atoms with Gasteiger partial charge in [-0.2, -0.15) is 0 Å². The van der Waals surface area contributed by atoms with Crippen molar-refractivity contribution >= 4 is 5.57 Å². The summed E-state index contributed by atoms with van der Waals surface area (Å²) in [6.45, 7) is 5.19. The Morgan fingerprint density at radius 1 is 1.36 bits per heavy atom. The lowest BCUT2D eigenvalue weighted by molar-refractivity contribution is 0.924. The van der Waals surface area contributed by atoms with E-state index in [9.17, 15) is 0 Å². The lowest BCUT2D eigenvalue weighted by atomic mass is 9.97. The van der Waals surface area contributed by atoms with Crippen LogP contribution in [-0.4, -0.2) is 11.5 Å². The van der Waals surface area contributed by atoms with Crippen molar-refractivity contribution in [2.75, 3.05) is 6.54 Å². The highest BCUT2D eigenvalue weighted by Crippen LogP contribution is 2.23. The van der Waals surface area contributed by atoms with Crippen molar-refractivity contribution in [1.82, 2.24) is 10.3 Å². The summed E-state index contributed by atoms with van der Waals surface area (Å²) < 4.78 is 0.